The fourth-order valence-electron chi connectivity index (χ4n) is 4.79. The van der Waals surface area contributed by atoms with Gasteiger partial charge in [-0.3, -0.25) is 9.59 Å². The Balaban J connectivity index is 1.24. The maximum atomic E-state index is 13.2. The lowest BCUT2D eigenvalue weighted by Gasteiger charge is -2.21. The molecule has 1 aromatic heterocycles. The van der Waals surface area contributed by atoms with Gasteiger partial charge in [0.15, 0.2) is 0 Å². The molecule has 1 N–H and O–H groups in total. The minimum Gasteiger partial charge on any atom is -0.497 e. The third kappa shape index (κ3) is 4.18. The summed E-state index contributed by atoms with van der Waals surface area (Å²) < 4.78 is 5.25. The number of piperidine rings is 1. The smallest absolute Gasteiger partial charge is 0.257 e. The zero-order chi connectivity index (χ0) is 23.1. The molecule has 2 heterocycles. The highest BCUT2D eigenvalue weighted by Crippen LogP contribution is 2.58. The number of anilines is 1. The Morgan fingerprint density at radius 2 is 1.73 bits per heavy atom. The first kappa shape index (κ1) is 21.5. The lowest BCUT2D eigenvalue weighted by molar-refractivity contribution is 0.0772. The Bertz CT molecular complexity index is 1200. The van der Waals surface area contributed by atoms with Crippen LogP contribution in [0, 0.1) is 18.8 Å². The van der Waals surface area contributed by atoms with Crippen LogP contribution in [0.5, 0.6) is 5.75 Å². The standard InChI is InChI=1S/C26H24ClN3O3/c1-15-3-4-17(11-22(15)29-25(31)18-7-10-23(27)28-12-18)26(32)30-13-20-21(14-30)24(20)16-5-8-19(33-2)9-6-16/h3-12,20-21,24H,13-14H2,1-2H3,(H,29,31)/t20-,21?,24?/m1/s1. The van der Waals surface area contributed by atoms with Crippen molar-refractivity contribution in [2.75, 3.05) is 25.5 Å². The third-order valence-electron chi connectivity index (χ3n) is 6.70. The molecule has 0 radical (unpaired) electrons. The highest BCUT2D eigenvalue weighted by molar-refractivity contribution is 6.29. The Labute approximate surface area is 197 Å². The van der Waals surface area contributed by atoms with Crippen molar-refractivity contribution in [2.24, 2.45) is 11.8 Å². The molecule has 1 saturated heterocycles. The molecule has 3 aromatic rings. The van der Waals surface area contributed by atoms with E-state index in [1.165, 1.54) is 11.8 Å². The van der Waals surface area contributed by atoms with Crippen molar-refractivity contribution >= 4 is 29.1 Å². The SMILES string of the molecule is COc1ccc(C2C3CN(C(=O)c4ccc(C)c(NC(=O)c5ccc(Cl)nc5)c4)C[C@H]32)cc1. The van der Waals surface area contributed by atoms with E-state index in [9.17, 15) is 9.59 Å². The van der Waals surface area contributed by atoms with Crippen molar-refractivity contribution in [3.63, 3.8) is 0 Å². The molecule has 33 heavy (non-hydrogen) atoms. The maximum Gasteiger partial charge on any atom is 0.257 e. The minimum atomic E-state index is -0.295. The van der Waals surface area contributed by atoms with Gasteiger partial charge in [0, 0.05) is 30.5 Å². The van der Waals surface area contributed by atoms with E-state index in [1.807, 2.05) is 36.1 Å². The van der Waals surface area contributed by atoms with E-state index in [0.29, 0.717) is 39.7 Å². The molecule has 7 heteroatoms. The highest BCUT2D eigenvalue weighted by atomic mass is 35.5. The van der Waals surface area contributed by atoms with Gasteiger partial charge in [-0.15, -0.1) is 0 Å². The summed E-state index contributed by atoms with van der Waals surface area (Å²) in [7, 11) is 1.67. The van der Waals surface area contributed by atoms with Crippen molar-refractivity contribution in [2.45, 2.75) is 12.8 Å². The van der Waals surface area contributed by atoms with E-state index in [-0.39, 0.29) is 11.8 Å². The number of hydrogen-bond acceptors (Lipinski definition) is 4. The van der Waals surface area contributed by atoms with Crippen LogP contribution in [0.4, 0.5) is 5.69 Å². The molecule has 1 aliphatic carbocycles. The number of rotatable bonds is 5. The van der Waals surface area contributed by atoms with E-state index < -0.39 is 0 Å². The summed E-state index contributed by atoms with van der Waals surface area (Å²) in [5.41, 5.74) is 3.79. The molecule has 1 saturated carbocycles. The number of carbonyl (C=O) groups excluding carboxylic acids is 2. The maximum absolute atomic E-state index is 13.2. The molecular weight excluding hydrogens is 438 g/mol. The summed E-state index contributed by atoms with van der Waals surface area (Å²) in [6.07, 6.45) is 1.43. The molecule has 0 bridgehead atoms. The number of carbonyl (C=O) groups is 2. The Morgan fingerprint density at radius 1 is 1.03 bits per heavy atom. The Kier molecular flexibility index (Phi) is 5.54. The van der Waals surface area contributed by atoms with Gasteiger partial charge in [0.05, 0.1) is 12.7 Å². The molecular formula is C26H24ClN3O3. The van der Waals surface area contributed by atoms with E-state index in [1.54, 1.807) is 25.3 Å². The predicted molar refractivity (Wildman–Crippen MR) is 127 cm³/mol. The molecule has 168 valence electrons. The Morgan fingerprint density at radius 3 is 2.36 bits per heavy atom. The first-order valence-electron chi connectivity index (χ1n) is 10.9. The van der Waals surface area contributed by atoms with Crippen molar-refractivity contribution < 1.29 is 14.3 Å². The van der Waals surface area contributed by atoms with Crippen LogP contribution in [0.2, 0.25) is 5.15 Å². The molecule has 0 spiro atoms. The second kappa shape index (κ2) is 8.52. The average Bonchev–Trinajstić information content (AvgIpc) is 3.33. The first-order chi connectivity index (χ1) is 15.9. The fraction of sp³-hybridized carbons (Fsp3) is 0.269. The third-order valence-corrected chi connectivity index (χ3v) is 6.93. The summed E-state index contributed by atoms with van der Waals surface area (Å²) in [6.45, 7) is 3.41. The number of ether oxygens (including phenoxy) is 1. The number of nitrogens with one attached hydrogen (secondary N) is 1. The van der Waals surface area contributed by atoms with Crippen LogP contribution in [-0.2, 0) is 0 Å². The number of aromatic nitrogens is 1. The average molecular weight is 462 g/mol. The quantitative estimate of drug-likeness (QED) is 0.554. The number of nitrogens with zero attached hydrogens (tertiary/aromatic N) is 2. The monoisotopic (exact) mass is 461 g/mol. The number of benzene rings is 2. The van der Waals surface area contributed by atoms with Crippen LogP contribution in [-0.4, -0.2) is 41.9 Å². The number of fused-ring (bicyclic) bond motifs is 1. The summed E-state index contributed by atoms with van der Waals surface area (Å²) in [5.74, 6) is 2.08. The molecule has 3 atom stereocenters. The van der Waals surface area contributed by atoms with E-state index in [0.717, 1.165) is 24.4 Å². The molecule has 6 nitrogen and oxygen atoms in total. The zero-order valence-electron chi connectivity index (χ0n) is 18.4. The van der Waals surface area contributed by atoms with Crippen LogP contribution in [0.3, 0.4) is 0 Å². The summed E-state index contributed by atoms with van der Waals surface area (Å²) in [6, 6.07) is 16.9. The van der Waals surface area contributed by atoms with Gasteiger partial charge in [-0.05, 0) is 72.2 Å². The molecule has 2 amide bonds. The van der Waals surface area contributed by atoms with E-state index >= 15 is 0 Å². The van der Waals surface area contributed by atoms with Crippen molar-refractivity contribution in [1.29, 1.82) is 0 Å². The number of amides is 2. The van der Waals surface area contributed by atoms with E-state index in [2.05, 4.69) is 22.4 Å². The molecule has 1 aliphatic heterocycles. The molecule has 5 rings (SSSR count). The van der Waals surface area contributed by atoms with Crippen molar-refractivity contribution in [3.8, 4) is 5.75 Å². The predicted octanol–water partition coefficient (Wildman–Crippen LogP) is 4.79. The van der Waals surface area contributed by atoms with Gasteiger partial charge in [0.25, 0.3) is 11.8 Å². The normalized spacial score (nSPS) is 20.8. The van der Waals surface area contributed by atoms with Gasteiger partial charge < -0.3 is 15.0 Å². The number of aryl methyl sites for hydroxylation is 1. The topological polar surface area (TPSA) is 71.5 Å². The number of hydrogen-bond donors (Lipinski definition) is 1. The highest BCUT2D eigenvalue weighted by Gasteiger charge is 2.57. The van der Waals surface area contributed by atoms with Gasteiger partial charge in [-0.1, -0.05) is 29.8 Å². The van der Waals surface area contributed by atoms with Gasteiger partial charge in [0.1, 0.15) is 10.9 Å². The van der Waals surface area contributed by atoms with Crippen molar-refractivity contribution in [1.82, 2.24) is 9.88 Å². The van der Waals surface area contributed by atoms with Gasteiger partial charge >= 0.3 is 0 Å². The minimum absolute atomic E-state index is 0.000612. The van der Waals surface area contributed by atoms with Gasteiger partial charge in [-0.25, -0.2) is 4.98 Å². The van der Waals surface area contributed by atoms with Crippen LogP contribution < -0.4 is 10.1 Å². The fourth-order valence-corrected chi connectivity index (χ4v) is 4.90. The Hall–Kier alpha value is -3.38. The zero-order valence-corrected chi connectivity index (χ0v) is 19.2. The van der Waals surface area contributed by atoms with Gasteiger partial charge in [-0.2, -0.15) is 0 Å². The van der Waals surface area contributed by atoms with E-state index in [4.69, 9.17) is 16.3 Å². The largest absolute Gasteiger partial charge is 0.497 e. The summed E-state index contributed by atoms with van der Waals surface area (Å²) in [5, 5.41) is 3.21. The number of likely N-dealkylation sites (tertiary alicyclic amines) is 1. The molecule has 2 fully saturated rings. The first-order valence-corrected chi connectivity index (χ1v) is 11.3. The van der Waals surface area contributed by atoms with Gasteiger partial charge in [0.2, 0.25) is 0 Å². The van der Waals surface area contributed by atoms with Crippen LogP contribution >= 0.6 is 11.6 Å². The second-order valence-corrected chi connectivity index (χ2v) is 9.08. The number of pyridine rings is 1. The molecule has 2 aromatic carbocycles. The van der Waals surface area contributed by atoms with Crippen LogP contribution in [0.1, 0.15) is 37.8 Å². The molecule has 2 aliphatic rings. The summed E-state index contributed by atoms with van der Waals surface area (Å²) in [4.78, 5) is 31.6. The summed E-state index contributed by atoms with van der Waals surface area (Å²) >= 11 is 5.80. The van der Waals surface area contributed by atoms with Crippen LogP contribution in [0.25, 0.3) is 0 Å². The molecule has 2 unspecified atom stereocenters. The van der Waals surface area contributed by atoms with Crippen LogP contribution in [0.15, 0.2) is 60.8 Å². The lowest BCUT2D eigenvalue weighted by Crippen LogP contribution is -2.31. The number of methoxy groups -OCH3 is 1. The lowest BCUT2D eigenvalue weighted by atomic mass is 10.1. The number of halogens is 1. The van der Waals surface area contributed by atoms with Crippen molar-refractivity contribution in [3.05, 3.63) is 88.2 Å². The second-order valence-electron chi connectivity index (χ2n) is 8.69.